The first-order valence-corrected chi connectivity index (χ1v) is 7.26. The predicted octanol–water partition coefficient (Wildman–Crippen LogP) is 4.75. The first kappa shape index (κ1) is 14.1. The highest BCUT2D eigenvalue weighted by molar-refractivity contribution is 6.06. The minimum absolute atomic E-state index is 0.190. The van der Waals surface area contributed by atoms with Gasteiger partial charge in [-0.25, -0.2) is 0 Å². The Bertz CT molecular complexity index is 856. The van der Waals surface area contributed by atoms with Gasteiger partial charge in [0, 0.05) is 5.57 Å². The van der Waals surface area contributed by atoms with Crippen molar-refractivity contribution in [1.82, 2.24) is 0 Å². The summed E-state index contributed by atoms with van der Waals surface area (Å²) >= 11 is 0. The molecule has 2 nitrogen and oxygen atoms in total. The zero-order valence-corrected chi connectivity index (χ0v) is 13.2. The van der Waals surface area contributed by atoms with Crippen LogP contribution in [0.5, 0.6) is 0 Å². The smallest absolute Gasteiger partial charge is 0.138 e. The van der Waals surface area contributed by atoms with Gasteiger partial charge in [0.25, 0.3) is 0 Å². The molecule has 0 unspecified atom stereocenters. The Kier molecular flexibility index (Phi) is 3.12. The van der Waals surface area contributed by atoms with Crippen LogP contribution in [0.1, 0.15) is 33.4 Å². The summed E-state index contributed by atoms with van der Waals surface area (Å²) in [5.41, 5.74) is 9.99. The molecule has 0 amide bonds. The molecule has 22 heavy (non-hydrogen) atoms. The lowest BCUT2D eigenvalue weighted by Crippen LogP contribution is -1.89. The van der Waals surface area contributed by atoms with Crippen LogP contribution in [0.25, 0.3) is 16.7 Å². The van der Waals surface area contributed by atoms with Gasteiger partial charge in [0.05, 0.1) is 0 Å². The molecule has 1 aliphatic carbocycles. The van der Waals surface area contributed by atoms with E-state index in [2.05, 4.69) is 50.3 Å². The molecule has 106 valence electrons. The molecule has 0 spiro atoms. The van der Waals surface area contributed by atoms with Gasteiger partial charge in [-0.05, 0) is 61.1 Å². The van der Waals surface area contributed by atoms with E-state index in [0.29, 0.717) is 0 Å². The molecule has 0 aliphatic heterocycles. The fourth-order valence-corrected chi connectivity index (χ4v) is 3.54. The molecule has 0 heterocycles. The molecular weight excluding hydrogens is 268 g/mol. The monoisotopic (exact) mass is 284 g/mol. The molecule has 0 N–H and O–H groups in total. The lowest BCUT2D eigenvalue weighted by atomic mass is 9.94. The average molecular weight is 284 g/mol. The summed E-state index contributed by atoms with van der Waals surface area (Å²) in [5, 5.41) is 18.8. The number of aryl methyl sites for hydroxylation is 4. The summed E-state index contributed by atoms with van der Waals surface area (Å²) in [6.45, 7) is 8.28. The predicted molar refractivity (Wildman–Crippen MR) is 88.1 cm³/mol. The van der Waals surface area contributed by atoms with Crippen LogP contribution < -0.4 is 0 Å². The van der Waals surface area contributed by atoms with Gasteiger partial charge in [0.2, 0.25) is 0 Å². The van der Waals surface area contributed by atoms with Gasteiger partial charge < -0.3 is 0 Å². The summed E-state index contributed by atoms with van der Waals surface area (Å²) in [7, 11) is 0. The lowest BCUT2D eigenvalue weighted by Gasteiger charge is -2.10. The number of nitriles is 2. The highest BCUT2D eigenvalue weighted by Gasteiger charge is 2.29. The number of rotatable bonds is 0. The van der Waals surface area contributed by atoms with Crippen molar-refractivity contribution in [2.24, 2.45) is 0 Å². The summed E-state index contributed by atoms with van der Waals surface area (Å²) < 4.78 is 0. The maximum atomic E-state index is 9.38. The van der Waals surface area contributed by atoms with Crippen molar-refractivity contribution in [3.05, 3.63) is 63.2 Å². The van der Waals surface area contributed by atoms with Crippen molar-refractivity contribution < 1.29 is 0 Å². The third-order valence-corrected chi connectivity index (χ3v) is 4.22. The topological polar surface area (TPSA) is 47.6 Å². The highest BCUT2D eigenvalue weighted by Crippen LogP contribution is 2.49. The van der Waals surface area contributed by atoms with E-state index < -0.39 is 0 Å². The first-order valence-electron chi connectivity index (χ1n) is 7.26. The van der Waals surface area contributed by atoms with Crippen LogP contribution in [-0.4, -0.2) is 0 Å². The van der Waals surface area contributed by atoms with Crippen LogP contribution in [0.2, 0.25) is 0 Å². The summed E-state index contributed by atoms with van der Waals surface area (Å²) in [6.07, 6.45) is 0. The molecule has 0 radical (unpaired) electrons. The second-order valence-electron chi connectivity index (χ2n) is 5.98. The van der Waals surface area contributed by atoms with Gasteiger partial charge in [0.1, 0.15) is 17.7 Å². The minimum Gasteiger partial charge on any atom is -0.192 e. The van der Waals surface area contributed by atoms with Crippen LogP contribution in [0, 0.1) is 50.4 Å². The molecule has 0 aromatic heterocycles. The van der Waals surface area contributed by atoms with Crippen LogP contribution in [0.15, 0.2) is 29.8 Å². The quantitative estimate of drug-likeness (QED) is 0.559. The van der Waals surface area contributed by atoms with Crippen LogP contribution >= 0.6 is 0 Å². The largest absolute Gasteiger partial charge is 0.192 e. The fraction of sp³-hybridized carbons (Fsp3) is 0.200. The Morgan fingerprint density at radius 1 is 0.727 bits per heavy atom. The van der Waals surface area contributed by atoms with Crippen LogP contribution in [0.4, 0.5) is 0 Å². The van der Waals surface area contributed by atoms with Crippen LogP contribution in [-0.2, 0) is 0 Å². The van der Waals surface area contributed by atoms with Crippen molar-refractivity contribution in [3.8, 4) is 23.3 Å². The second kappa shape index (κ2) is 4.86. The van der Waals surface area contributed by atoms with Gasteiger partial charge in [-0.15, -0.1) is 0 Å². The van der Waals surface area contributed by atoms with Gasteiger partial charge in [0.15, 0.2) is 0 Å². The van der Waals surface area contributed by atoms with E-state index in [9.17, 15) is 10.5 Å². The van der Waals surface area contributed by atoms with Crippen molar-refractivity contribution in [3.63, 3.8) is 0 Å². The molecule has 0 saturated heterocycles. The number of hydrogen-bond acceptors (Lipinski definition) is 2. The molecule has 3 rings (SSSR count). The Morgan fingerprint density at radius 3 is 1.50 bits per heavy atom. The van der Waals surface area contributed by atoms with Gasteiger partial charge >= 0.3 is 0 Å². The number of benzene rings is 2. The van der Waals surface area contributed by atoms with Gasteiger partial charge in [-0.2, -0.15) is 10.5 Å². The number of allylic oxidation sites excluding steroid dienone is 1. The summed E-state index contributed by atoms with van der Waals surface area (Å²) in [5.74, 6) is 0. The maximum Gasteiger partial charge on any atom is 0.138 e. The second-order valence-corrected chi connectivity index (χ2v) is 5.98. The molecule has 0 atom stereocenters. The SMILES string of the molecule is Cc1cc(C)c2c(c1)C(=C(C#N)C#N)c1cc(C)cc(C)c1-2. The molecule has 2 heteroatoms. The van der Waals surface area contributed by atoms with Gasteiger partial charge in [-0.1, -0.05) is 35.4 Å². The van der Waals surface area contributed by atoms with E-state index in [1.807, 2.05) is 13.8 Å². The Balaban J connectivity index is 2.57. The zero-order valence-electron chi connectivity index (χ0n) is 13.2. The lowest BCUT2D eigenvalue weighted by molar-refractivity contribution is 1.35. The first-order chi connectivity index (χ1) is 10.5. The van der Waals surface area contributed by atoms with Crippen LogP contribution in [0.3, 0.4) is 0 Å². The van der Waals surface area contributed by atoms with Crippen molar-refractivity contribution in [2.45, 2.75) is 27.7 Å². The minimum atomic E-state index is 0.190. The van der Waals surface area contributed by atoms with E-state index in [-0.39, 0.29) is 5.57 Å². The molecule has 0 fully saturated rings. The van der Waals surface area contributed by atoms with Gasteiger partial charge in [-0.3, -0.25) is 0 Å². The Hall–Kier alpha value is -2.84. The number of fused-ring (bicyclic) bond motifs is 3. The Morgan fingerprint density at radius 2 is 1.14 bits per heavy atom. The third-order valence-electron chi connectivity index (χ3n) is 4.22. The van der Waals surface area contributed by atoms with E-state index in [1.54, 1.807) is 0 Å². The van der Waals surface area contributed by atoms with E-state index >= 15 is 0 Å². The highest BCUT2D eigenvalue weighted by atomic mass is 14.4. The fourth-order valence-electron chi connectivity index (χ4n) is 3.54. The maximum absolute atomic E-state index is 9.38. The van der Waals surface area contributed by atoms with E-state index in [1.165, 1.54) is 11.1 Å². The zero-order chi connectivity index (χ0) is 16.0. The van der Waals surface area contributed by atoms with E-state index in [4.69, 9.17) is 0 Å². The standard InChI is InChI=1S/C20H16N2/c1-11-5-13(3)18-16(7-11)20(15(9-21)10-22)17-8-12(2)6-14(4)19(17)18/h5-8H,1-4H3. The average Bonchev–Trinajstić information content (AvgIpc) is 2.75. The third kappa shape index (κ3) is 1.85. The molecule has 0 bridgehead atoms. The van der Waals surface area contributed by atoms with Crippen molar-refractivity contribution in [2.75, 3.05) is 0 Å². The summed E-state index contributed by atoms with van der Waals surface area (Å²) in [6, 6.07) is 12.6. The number of nitrogens with zero attached hydrogens (tertiary/aromatic N) is 2. The van der Waals surface area contributed by atoms with Crippen molar-refractivity contribution in [1.29, 1.82) is 10.5 Å². The van der Waals surface area contributed by atoms with E-state index in [0.717, 1.165) is 39.0 Å². The Labute approximate surface area is 130 Å². The molecule has 2 aromatic rings. The normalized spacial score (nSPS) is 11.5. The molecular formula is C20H16N2. The van der Waals surface area contributed by atoms with Crippen molar-refractivity contribution >= 4 is 5.57 Å². The molecule has 0 saturated carbocycles. The molecule has 1 aliphatic rings. The summed E-state index contributed by atoms with van der Waals surface area (Å²) in [4.78, 5) is 0. The number of hydrogen-bond donors (Lipinski definition) is 0. The molecule has 2 aromatic carbocycles.